The van der Waals surface area contributed by atoms with Gasteiger partial charge in [0.15, 0.2) is 0 Å². The summed E-state index contributed by atoms with van der Waals surface area (Å²) in [6.45, 7) is 4.57. The summed E-state index contributed by atoms with van der Waals surface area (Å²) in [5.74, 6) is 0.750. The Bertz CT molecular complexity index is 1410. The first kappa shape index (κ1) is 23.3. The molecule has 182 valence electrons. The number of aryl methyl sites for hydroxylation is 1. The largest absolute Gasteiger partial charge is 0.369 e. The van der Waals surface area contributed by atoms with E-state index < -0.39 is 10.0 Å². The Labute approximate surface area is 204 Å². The molecule has 0 radical (unpaired) electrons. The van der Waals surface area contributed by atoms with E-state index in [9.17, 15) is 12.8 Å². The number of anilines is 2. The van der Waals surface area contributed by atoms with Crippen molar-refractivity contribution >= 4 is 32.4 Å². The first-order chi connectivity index (χ1) is 16.9. The summed E-state index contributed by atoms with van der Waals surface area (Å²) in [4.78, 5) is 9.71. The van der Waals surface area contributed by atoms with Gasteiger partial charge in [-0.25, -0.2) is 17.8 Å². The van der Waals surface area contributed by atoms with Crippen molar-refractivity contribution in [2.75, 3.05) is 42.3 Å². The Morgan fingerprint density at radius 3 is 2.37 bits per heavy atom. The summed E-state index contributed by atoms with van der Waals surface area (Å²) in [5.41, 5.74) is 3.27. The highest BCUT2D eigenvalue weighted by atomic mass is 32.2. The minimum absolute atomic E-state index is 0.212. The van der Waals surface area contributed by atoms with Crippen molar-refractivity contribution < 1.29 is 12.8 Å². The standard InChI is InChI=1S/C26H28FN5O2S/c1-30-25-12-9-21(29-35(33,34)23-5-3-2-4-6-23)19-24(25)28-26(30)13-14-31-15-17-32(18-16-31)22-10-7-20(27)8-11-22/h2-12,19,29H,13-18H2,1H3. The maximum atomic E-state index is 13.2. The molecule has 0 bridgehead atoms. The van der Waals surface area contributed by atoms with E-state index in [0.717, 1.165) is 61.7 Å². The monoisotopic (exact) mass is 493 g/mol. The molecule has 0 saturated carbocycles. The molecular formula is C26H28FN5O2S. The maximum Gasteiger partial charge on any atom is 0.261 e. The van der Waals surface area contributed by atoms with E-state index >= 15 is 0 Å². The second-order valence-corrected chi connectivity index (χ2v) is 10.4. The molecule has 35 heavy (non-hydrogen) atoms. The zero-order valence-electron chi connectivity index (χ0n) is 19.6. The van der Waals surface area contributed by atoms with Crippen molar-refractivity contribution in [3.05, 3.63) is 84.4 Å². The van der Waals surface area contributed by atoms with Crippen LogP contribution in [-0.2, 0) is 23.5 Å². The van der Waals surface area contributed by atoms with Crippen molar-refractivity contribution in [3.8, 4) is 0 Å². The molecule has 1 saturated heterocycles. The van der Waals surface area contributed by atoms with Crippen LogP contribution in [0.15, 0.2) is 77.7 Å². The highest BCUT2D eigenvalue weighted by Crippen LogP contribution is 2.23. The molecule has 1 N–H and O–H groups in total. The van der Waals surface area contributed by atoms with Gasteiger partial charge >= 0.3 is 0 Å². The quantitative estimate of drug-likeness (QED) is 0.423. The minimum atomic E-state index is -3.65. The molecule has 1 aromatic heterocycles. The Morgan fingerprint density at radius 2 is 1.66 bits per heavy atom. The molecule has 0 spiro atoms. The van der Waals surface area contributed by atoms with Gasteiger partial charge in [-0.15, -0.1) is 0 Å². The molecule has 0 unspecified atom stereocenters. The van der Waals surface area contributed by atoms with Gasteiger partial charge < -0.3 is 9.47 Å². The molecule has 5 rings (SSSR count). The third-order valence-electron chi connectivity index (χ3n) is 6.49. The average molecular weight is 494 g/mol. The molecule has 3 aromatic carbocycles. The molecular weight excluding hydrogens is 465 g/mol. The number of imidazole rings is 1. The van der Waals surface area contributed by atoms with Gasteiger partial charge in [0.2, 0.25) is 0 Å². The fourth-order valence-electron chi connectivity index (χ4n) is 4.49. The lowest BCUT2D eigenvalue weighted by Gasteiger charge is -2.36. The number of piperazine rings is 1. The van der Waals surface area contributed by atoms with Crippen LogP contribution < -0.4 is 9.62 Å². The summed E-state index contributed by atoms with van der Waals surface area (Å²) >= 11 is 0. The van der Waals surface area contributed by atoms with Crippen molar-refractivity contribution in [2.45, 2.75) is 11.3 Å². The van der Waals surface area contributed by atoms with E-state index in [1.807, 2.05) is 25.2 Å². The summed E-state index contributed by atoms with van der Waals surface area (Å²) in [5, 5.41) is 0. The van der Waals surface area contributed by atoms with Crippen LogP contribution in [0.3, 0.4) is 0 Å². The normalized spacial score (nSPS) is 15.0. The van der Waals surface area contributed by atoms with Crippen molar-refractivity contribution in [2.24, 2.45) is 7.05 Å². The van der Waals surface area contributed by atoms with Gasteiger partial charge in [-0.3, -0.25) is 9.62 Å². The molecule has 0 amide bonds. The highest BCUT2D eigenvalue weighted by Gasteiger charge is 2.19. The van der Waals surface area contributed by atoms with Gasteiger partial charge in [0.25, 0.3) is 10.0 Å². The number of aromatic nitrogens is 2. The van der Waals surface area contributed by atoms with Crippen LogP contribution in [-0.4, -0.2) is 55.6 Å². The van der Waals surface area contributed by atoms with Crippen molar-refractivity contribution in [1.82, 2.24) is 14.5 Å². The van der Waals surface area contributed by atoms with Crippen LogP contribution in [0.25, 0.3) is 11.0 Å². The van der Waals surface area contributed by atoms with Crippen LogP contribution in [0.1, 0.15) is 5.82 Å². The first-order valence-corrected chi connectivity index (χ1v) is 13.1. The number of fused-ring (bicyclic) bond motifs is 1. The van der Waals surface area contributed by atoms with Crippen molar-refractivity contribution in [1.29, 1.82) is 0 Å². The van der Waals surface area contributed by atoms with E-state index in [4.69, 9.17) is 4.98 Å². The number of benzene rings is 3. The van der Waals surface area contributed by atoms with Gasteiger partial charge in [-0.05, 0) is 54.6 Å². The molecule has 0 atom stereocenters. The lowest BCUT2D eigenvalue weighted by molar-refractivity contribution is 0.259. The maximum absolute atomic E-state index is 13.2. The molecule has 1 fully saturated rings. The number of nitrogens with one attached hydrogen (secondary N) is 1. The van der Waals surface area contributed by atoms with Gasteiger partial charge in [-0.1, -0.05) is 18.2 Å². The van der Waals surface area contributed by atoms with E-state index in [2.05, 4.69) is 19.1 Å². The van der Waals surface area contributed by atoms with Gasteiger partial charge in [0.1, 0.15) is 11.6 Å². The van der Waals surface area contributed by atoms with E-state index in [1.165, 1.54) is 12.1 Å². The smallest absolute Gasteiger partial charge is 0.261 e. The number of nitrogens with zero attached hydrogens (tertiary/aromatic N) is 4. The fraction of sp³-hybridized carbons (Fsp3) is 0.269. The zero-order chi connectivity index (χ0) is 24.4. The van der Waals surface area contributed by atoms with Gasteiger partial charge in [0, 0.05) is 51.9 Å². The molecule has 2 heterocycles. The van der Waals surface area contributed by atoms with E-state index in [1.54, 1.807) is 42.5 Å². The molecule has 0 aliphatic carbocycles. The number of sulfonamides is 1. The molecule has 9 heteroatoms. The second kappa shape index (κ2) is 9.67. The third kappa shape index (κ3) is 5.16. The Morgan fingerprint density at radius 1 is 0.943 bits per heavy atom. The van der Waals surface area contributed by atoms with Gasteiger partial charge in [0.05, 0.1) is 21.6 Å². The zero-order valence-corrected chi connectivity index (χ0v) is 20.4. The Kier molecular flexibility index (Phi) is 6.44. The molecule has 7 nitrogen and oxygen atoms in total. The summed E-state index contributed by atoms with van der Waals surface area (Å²) in [6, 6.07) is 20.4. The predicted octanol–water partition coefficient (Wildman–Crippen LogP) is 3.88. The molecule has 1 aliphatic heterocycles. The lowest BCUT2D eigenvalue weighted by atomic mass is 10.2. The lowest BCUT2D eigenvalue weighted by Crippen LogP contribution is -2.47. The summed E-state index contributed by atoms with van der Waals surface area (Å²) in [7, 11) is -1.66. The molecule has 1 aliphatic rings. The minimum Gasteiger partial charge on any atom is -0.369 e. The second-order valence-electron chi connectivity index (χ2n) is 8.76. The number of rotatable bonds is 7. The number of halogens is 1. The van der Waals surface area contributed by atoms with Crippen LogP contribution >= 0.6 is 0 Å². The van der Waals surface area contributed by atoms with Crippen LogP contribution in [0, 0.1) is 5.82 Å². The van der Waals surface area contributed by atoms with Crippen LogP contribution in [0.4, 0.5) is 15.8 Å². The van der Waals surface area contributed by atoms with Crippen LogP contribution in [0.2, 0.25) is 0 Å². The third-order valence-corrected chi connectivity index (χ3v) is 7.89. The predicted molar refractivity (Wildman–Crippen MR) is 137 cm³/mol. The summed E-state index contributed by atoms with van der Waals surface area (Å²) in [6.07, 6.45) is 0.798. The average Bonchev–Trinajstić information content (AvgIpc) is 3.18. The van der Waals surface area contributed by atoms with Gasteiger partial charge in [-0.2, -0.15) is 0 Å². The Balaban J connectivity index is 1.22. The SMILES string of the molecule is Cn1c(CCN2CCN(c3ccc(F)cc3)CC2)nc2cc(NS(=O)(=O)c3ccccc3)ccc21. The fourth-order valence-corrected chi connectivity index (χ4v) is 5.56. The van der Waals surface area contributed by atoms with E-state index in [-0.39, 0.29) is 10.7 Å². The van der Waals surface area contributed by atoms with E-state index in [0.29, 0.717) is 5.69 Å². The number of hydrogen-bond acceptors (Lipinski definition) is 5. The van der Waals surface area contributed by atoms with Crippen LogP contribution in [0.5, 0.6) is 0 Å². The summed E-state index contributed by atoms with van der Waals surface area (Å²) < 4.78 is 43.2. The number of hydrogen-bond donors (Lipinski definition) is 1. The first-order valence-electron chi connectivity index (χ1n) is 11.7. The molecule has 4 aromatic rings. The van der Waals surface area contributed by atoms with Crippen molar-refractivity contribution in [3.63, 3.8) is 0 Å². The highest BCUT2D eigenvalue weighted by molar-refractivity contribution is 7.92. The topological polar surface area (TPSA) is 70.5 Å². The Hall–Kier alpha value is -3.43.